The van der Waals surface area contributed by atoms with Crippen LogP contribution in [-0.2, 0) is 6.42 Å². The molecule has 0 bridgehead atoms. The van der Waals surface area contributed by atoms with Gasteiger partial charge < -0.3 is 9.30 Å². The minimum atomic E-state index is 0.368. The van der Waals surface area contributed by atoms with Crippen LogP contribution in [0.2, 0.25) is 0 Å². The number of aromatic nitrogens is 3. The molecule has 0 unspecified atom stereocenters. The molecule has 156 valence electrons. The average Bonchev–Trinajstić information content (AvgIpc) is 3.22. The summed E-state index contributed by atoms with van der Waals surface area (Å²) in [5, 5.41) is 1.17. The van der Waals surface area contributed by atoms with E-state index in [0.717, 1.165) is 49.1 Å². The zero-order chi connectivity index (χ0) is 20.8. The second-order valence-electron chi connectivity index (χ2n) is 8.01. The predicted octanol–water partition coefficient (Wildman–Crippen LogP) is 6.74. The normalized spacial score (nSPS) is 12.5. The molecule has 4 heteroatoms. The Morgan fingerprint density at radius 3 is 2.50 bits per heavy atom. The molecule has 2 aromatic carbocycles. The number of fused-ring (bicyclic) bond motifs is 3. The molecular formula is C26H31N3O. The topological polar surface area (TPSA) is 39.9 Å². The molecule has 30 heavy (non-hydrogen) atoms. The number of para-hydroxylation sites is 1. The van der Waals surface area contributed by atoms with Crippen molar-refractivity contribution in [3.05, 3.63) is 66.6 Å². The maximum Gasteiger partial charge on any atom is 0.119 e. The van der Waals surface area contributed by atoms with Gasteiger partial charge in [0, 0.05) is 11.4 Å². The second-order valence-corrected chi connectivity index (χ2v) is 8.01. The fourth-order valence-electron chi connectivity index (χ4n) is 4.05. The van der Waals surface area contributed by atoms with E-state index in [2.05, 4.69) is 70.8 Å². The van der Waals surface area contributed by atoms with E-state index in [-0.39, 0.29) is 0 Å². The van der Waals surface area contributed by atoms with Gasteiger partial charge >= 0.3 is 0 Å². The Morgan fingerprint density at radius 2 is 1.70 bits per heavy atom. The number of ether oxygens (including phenoxy) is 1. The molecule has 2 aromatic heterocycles. The number of imidazole rings is 1. The van der Waals surface area contributed by atoms with Crippen molar-refractivity contribution in [1.82, 2.24) is 14.5 Å². The first-order valence-electron chi connectivity index (χ1n) is 11.2. The van der Waals surface area contributed by atoms with Gasteiger partial charge in [0.1, 0.15) is 11.3 Å². The minimum absolute atomic E-state index is 0.368. The second kappa shape index (κ2) is 9.75. The molecule has 0 aliphatic carbocycles. The van der Waals surface area contributed by atoms with Crippen LogP contribution in [0.3, 0.4) is 0 Å². The van der Waals surface area contributed by atoms with E-state index >= 15 is 0 Å². The molecule has 4 rings (SSSR count). The quantitative estimate of drug-likeness (QED) is 0.276. The van der Waals surface area contributed by atoms with Crippen molar-refractivity contribution in [1.29, 1.82) is 0 Å². The first kappa shape index (κ1) is 20.4. The number of pyridine rings is 1. The number of rotatable bonds is 10. The van der Waals surface area contributed by atoms with E-state index in [1.165, 1.54) is 29.3 Å². The monoisotopic (exact) mass is 401 g/mol. The van der Waals surface area contributed by atoms with Crippen LogP contribution in [0.1, 0.15) is 57.6 Å². The predicted molar refractivity (Wildman–Crippen MR) is 124 cm³/mol. The Labute approximate surface area is 178 Å². The minimum Gasteiger partial charge on any atom is -0.494 e. The maximum absolute atomic E-state index is 5.83. The molecule has 0 aliphatic rings. The third kappa shape index (κ3) is 4.48. The Kier molecular flexibility index (Phi) is 6.63. The number of hydrogen-bond donors (Lipinski definition) is 0. The molecule has 0 amide bonds. The highest BCUT2D eigenvalue weighted by Gasteiger charge is 2.17. The fraction of sp³-hybridized carbons (Fsp3) is 0.385. The number of unbranched alkanes of at least 4 members (excludes halogenated alkanes) is 2. The largest absolute Gasteiger partial charge is 0.494 e. The highest BCUT2D eigenvalue weighted by atomic mass is 16.5. The van der Waals surface area contributed by atoms with Crippen molar-refractivity contribution in [2.75, 3.05) is 6.61 Å². The van der Waals surface area contributed by atoms with E-state index in [1.807, 2.05) is 18.6 Å². The van der Waals surface area contributed by atoms with Gasteiger partial charge in [-0.1, -0.05) is 63.4 Å². The van der Waals surface area contributed by atoms with Crippen LogP contribution in [0.15, 0.2) is 61.1 Å². The first-order valence-corrected chi connectivity index (χ1v) is 11.2. The summed E-state index contributed by atoms with van der Waals surface area (Å²) in [6.07, 6.45) is 10.7. The van der Waals surface area contributed by atoms with Crippen molar-refractivity contribution < 1.29 is 4.74 Å². The number of hydrogen-bond acceptors (Lipinski definition) is 3. The molecule has 4 aromatic rings. The lowest BCUT2D eigenvalue weighted by Crippen LogP contribution is -2.11. The fourth-order valence-corrected chi connectivity index (χ4v) is 4.05. The Bertz CT molecular complexity index is 1080. The van der Waals surface area contributed by atoms with Crippen LogP contribution in [0.5, 0.6) is 5.75 Å². The highest BCUT2D eigenvalue weighted by molar-refractivity contribution is 6.01. The Balaban J connectivity index is 1.62. The molecule has 1 atom stereocenters. The summed E-state index contributed by atoms with van der Waals surface area (Å²) in [5.41, 5.74) is 4.52. The van der Waals surface area contributed by atoms with Crippen LogP contribution in [0, 0.1) is 0 Å². The molecule has 0 spiro atoms. The summed E-state index contributed by atoms with van der Waals surface area (Å²) in [7, 11) is 0. The summed E-state index contributed by atoms with van der Waals surface area (Å²) >= 11 is 0. The summed E-state index contributed by atoms with van der Waals surface area (Å²) in [5.74, 6) is 0.961. The summed E-state index contributed by atoms with van der Waals surface area (Å²) in [4.78, 5) is 9.25. The van der Waals surface area contributed by atoms with Crippen molar-refractivity contribution in [2.24, 2.45) is 0 Å². The van der Waals surface area contributed by atoms with Gasteiger partial charge in [0.05, 0.1) is 30.2 Å². The molecule has 0 saturated heterocycles. The van der Waals surface area contributed by atoms with Crippen LogP contribution >= 0.6 is 0 Å². The van der Waals surface area contributed by atoms with Crippen molar-refractivity contribution in [3.63, 3.8) is 0 Å². The first-order chi connectivity index (χ1) is 14.8. The average molecular weight is 402 g/mol. The lowest BCUT2D eigenvalue weighted by atomic mass is 10.00. The molecule has 0 fully saturated rings. The SMILES string of the molecule is CCCCOc1ccc(C[C@@H](CCCC)n2cnc3cnc4ccccc4c32)cc1. The Hall–Kier alpha value is -2.88. The van der Waals surface area contributed by atoms with E-state index in [9.17, 15) is 0 Å². The summed E-state index contributed by atoms with van der Waals surface area (Å²) < 4.78 is 8.20. The van der Waals surface area contributed by atoms with Crippen molar-refractivity contribution in [2.45, 2.75) is 58.4 Å². The van der Waals surface area contributed by atoms with Crippen LogP contribution in [0.25, 0.3) is 21.9 Å². The lowest BCUT2D eigenvalue weighted by Gasteiger charge is -2.20. The van der Waals surface area contributed by atoms with Gasteiger partial charge in [-0.15, -0.1) is 0 Å². The van der Waals surface area contributed by atoms with Crippen LogP contribution in [0.4, 0.5) is 0 Å². The van der Waals surface area contributed by atoms with E-state index in [0.29, 0.717) is 6.04 Å². The summed E-state index contributed by atoms with van der Waals surface area (Å²) in [6.45, 7) is 5.23. The molecule has 0 saturated carbocycles. The van der Waals surface area contributed by atoms with Gasteiger partial charge in [-0.3, -0.25) is 4.98 Å². The molecular weight excluding hydrogens is 370 g/mol. The third-order valence-electron chi connectivity index (χ3n) is 5.75. The van der Waals surface area contributed by atoms with Gasteiger partial charge in [-0.2, -0.15) is 0 Å². The van der Waals surface area contributed by atoms with Crippen molar-refractivity contribution >= 4 is 21.9 Å². The van der Waals surface area contributed by atoms with E-state index in [4.69, 9.17) is 4.74 Å². The van der Waals surface area contributed by atoms with Gasteiger partial charge in [-0.05, 0) is 43.0 Å². The van der Waals surface area contributed by atoms with Gasteiger partial charge in [0.2, 0.25) is 0 Å². The number of nitrogens with zero attached hydrogens (tertiary/aromatic N) is 3. The Morgan fingerprint density at radius 1 is 0.900 bits per heavy atom. The standard InChI is InChI=1S/C26H31N3O/c1-3-5-9-21(17-20-12-14-22(15-13-20)30-16-6-4-2)29-19-28-25-18-27-24-11-8-7-10-23(24)26(25)29/h7-8,10-15,18-19,21H,3-6,9,16-17H2,1-2H3/t21-/m1/s1. The van der Waals surface area contributed by atoms with Crippen LogP contribution < -0.4 is 4.74 Å². The molecule has 4 nitrogen and oxygen atoms in total. The third-order valence-corrected chi connectivity index (χ3v) is 5.75. The van der Waals surface area contributed by atoms with E-state index < -0.39 is 0 Å². The van der Waals surface area contributed by atoms with Crippen LogP contribution in [-0.4, -0.2) is 21.1 Å². The highest BCUT2D eigenvalue weighted by Crippen LogP contribution is 2.30. The molecule has 0 aliphatic heterocycles. The zero-order valence-corrected chi connectivity index (χ0v) is 18.1. The molecule has 0 N–H and O–H groups in total. The van der Waals surface area contributed by atoms with Gasteiger partial charge in [0.25, 0.3) is 0 Å². The molecule has 0 radical (unpaired) electrons. The van der Waals surface area contributed by atoms with Gasteiger partial charge in [0.15, 0.2) is 0 Å². The zero-order valence-electron chi connectivity index (χ0n) is 18.1. The van der Waals surface area contributed by atoms with E-state index in [1.54, 1.807) is 0 Å². The number of benzene rings is 2. The van der Waals surface area contributed by atoms with Gasteiger partial charge in [-0.25, -0.2) is 4.98 Å². The summed E-state index contributed by atoms with van der Waals surface area (Å²) in [6, 6.07) is 17.3. The smallest absolute Gasteiger partial charge is 0.119 e. The molecule has 2 heterocycles. The van der Waals surface area contributed by atoms with Crippen molar-refractivity contribution in [3.8, 4) is 5.75 Å². The lowest BCUT2D eigenvalue weighted by molar-refractivity contribution is 0.309. The maximum atomic E-state index is 5.83.